The number of amides is 1. The number of carbonyl (C=O) groups is 1. The molecule has 0 radical (unpaired) electrons. The fourth-order valence-corrected chi connectivity index (χ4v) is 5.11. The first kappa shape index (κ1) is 14.2. The van der Waals surface area contributed by atoms with E-state index in [0.717, 1.165) is 29.6 Å². The predicted octanol–water partition coefficient (Wildman–Crippen LogP) is 3.83. The fraction of sp³-hybridized carbons (Fsp3) is 0.688. The van der Waals surface area contributed by atoms with Gasteiger partial charge < -0.3 is 9.47 Å². The molecule has 20 heavy (non-hydrogen) atoms. The number of halogens is 1. The highest BCUT2D eigenvalue weighted by Gasteiger charge is 2.51. The topological polar surface area (TPSA) is 25.2 Å². The third-order valence-corrected chi connectivity index (χ3v) is 5.30. The SMILES string of the molecule is Cn1cc(Br)cc1C(=O)N1CC2(C)CC1CC(C)(C)C2. The van der Waals surface area contributed by atoms with Crippen LogP contribution >= 0.6 is 15.9 Å². The van der Waals surface area contributed by atoms with Crippen LogP contribution in [0, 0.1) is 10.8 Å². The molecule has 1 aromatic heterocycles. The van der Waals surface area contributed by atoms with E-state index in [1.54, 1.807) is 0 Å². The van der Waals surface area contributed by atoms with Gasteiger partial charge in [-0.3, -0.25) is 4.79 Å². The number of rotatable bonds is 1. The minimum Gasteiger partial charge on any atom is -0.345 e. The highest BCUT2D eigenvalue weighted by atomic mass is 79.9. The molecule has 1 saturated heterocycles. The van der Waals surface area contributed by atoms with Gasteiger partial charge in [0.1, 0.15) is 5.69 Å². The lowest BCUT2D eigenvalue weighted by atomic mass is 9.65. The molecule has 3 rings (SSSR count). The summed E-state index contributed by atoms with van der Waals surface area (Å²) in [6, 6.07) is 2.34. The third kappa shape index (κ3) is 2.32. The van der Waals surface area contributed by atoms with Crippen molar-refractivity contribution in [1.82, 2.24) is 9.47 Å². The van der Waals surface area contributed by atoms with E-state index in [4.69, 9.17) is 0 Å². The smallest absolute Gasteiger partial charge is 0.270 e. The van der Waals surface area contributed by atoms with Gasteiger partial charge in [-0.25, -0.2) is 0 Å². The first-order valence-corrected chi connectivity index (χ1v) is 8.11. The first-order valence-electron chi connectivity index (χ1n) is 7.32. The number of fused-ring (bicyclic) bond motifs is 2. The average molecular weight is 339 g/mol. The maximum absolute atomic E-state index is 12.9. The Balaban J connectivity index is 1.89. The number of hydrogen-bond acceptors (Lipinski definition) is 1. The highest BCUT2D eigenvalue weighted by Crippen LogP contribution is 2.52. The van der Waals surface area contributed by atoms with Gasteiger partial charge in [0.05, 0.1) is 0 Å². The molecule has 4 heteroatoms. The molecule has 0 aromatic carbocycles. The standard InChI is InChI=1S/C16H23BrN2O/c1-15(2)6-12-7-16(3,9-15)10-19(12)14(20)13-5-11(17)8-18(13)4/h5,8,12H,6-7,9-10H2,1-4H3. The molecule has 1 aromatic rings. The van der Waals surface area contributed by atoms with Gasteiger partial charge in [0.25, 0.3) is 5.91 Å². The maximum Gasteiger partial charge on any atom is 0.270 e. The lowest BCUT2D eigenvalue weighted by molar-refractivity contribution is 0.0698. The van der Waals surface area contributed by atoms with E-state index in [9.17, 15) is 4.79 Å². The molecule has 110 valence electrons. The molecule has 2 heterocycles. The summed E-state index contributed by atoms with van der Waals surface area (Å²) >= 11 is 3.45. The van der Waals surface area contributed by atoms with Crippen LogP contribution in [-0.2, 0) is 7.05 Å². The Morgan fingerprint density at radius 2 is 2.05 bits per heavy atom. The number of carbonyl (C=O) groups excluding carboxylic acids is 1. The Bertz CT molecular complexity index is 563. The second kappa shape index (κ2) is 4.36. The summed E-state index contributed by atoms with van der Waals surface area (Å²) in [6.45, 7) is 7.92. The summed E-state index contributed by atoms with van der Waals surface area (Å²) in [5, 5.41) is 0. The fourth-order valence-electron chi connectivity index (χ4n) is 4.58. The Morgan fingerprint density at radius 1 is 1.35 bits per heavy atom. The second-order valence-corrected chi connectivity index (χ2v) is 8.72. The third-order valence-electron chi connectivity index (χ3n) is 4.87. The van der Waals surface area contributed by atoms with E-state index in [2.05, 4.69) is 41.6 Å². The van der Waals surface area contributed by atoms with Crippen molar-refractivity contribution in [2.24, 2.45) is 17.9 Å². The van der Waals surface area contributed by atoms with E-state index in [1.807, 2.05) is 23.9 Å². The second-order valence-electron chi connectivity index (χ2n) is 7.80. The summed E-state index contributed by atoms with van der Waals surface area (Å²) < 4.78 is 2.89. The van der Waals surface area contributed by atoms with E-state index in [0.29, 0.717) is 16.9 Å². The van der Waals surface area contributed by atoms with Gasteiger partial charge in [-0.15, -0.1) is 0 Å². The molecule has 3 nitrogen and oxygen atoms in total. The zero-order chi connectivity index (χ0) is 14.7. The molecule has 1 amide bonds. The summed E-state index contributed by atoms with van der Waals surface area (Å²) in [5.74, 6) is 0.185. The van der Waals surface area contributed by atoms with Gasteiger partial charge in [-0.05, 0) is 52.1 Å². The van der Waals surface area contributed by atoms with Crippen LogP contribution in [0.15, 0.2) is 16.7 Å². The molecule has 1 saturated carbocycles. The van der Waals surface area contributed by atoms with Crippen molar-refractivity contribution in [3.8, 4) is 0 Å². The summed E-state index contributed by atoms with van der Waals surface area (Å²) in [4.78, 5) is 15.0. The highest BCUT2D eigenvalue weighted by molar-refractivity contribution is 9.10. The Morgan fingerprint density at radius 3 is 2.65 bits per heavy atom. The zero-order valence-corrected chi connectivity index (χ0v) is 14.3. The van der Waals surface area contributed by atoms with E-state index >= 15 is 0 Å². The van der Waals surface area contributed by atoms with Crippen LogP contribution in [0.4, 0.5) is 0 Å². The van der Waals surface area contributed by atoms with Crippen LogP contribution in [0.3, 0.4) is 0 Å². The minimum atomic E-state index is 0.185. The average Bonchev–Trinajstić information content (AvgIpc) is 2.73. The van der Waals surface area contributed by atoms with Gasteiger partial charge >= 0.3 is 0 Å². The van der Waals surface area contributed by atoms with Crippen molar-refractivity contribution in [3.05, 3.63) is 22.4 Å². The Kier molecular flexibility index (Phi) is 3.09. The largest absolute Gasteiger partial charge is 0.345 e. The van der Waals surface area contributed by atoms with Crippen LogP contribution in [0.2, 0.25) is 0 Å². The van der Waals surface area contributed by atoms with Gasteiger partial charge in [0.15, 0.2) is 0 Å². The molecular weight excluding hydrogens is 316 g/mol. The molecule has 0 N–H and O–H groups in total. The van der Waals surface area contributed by atoms with E-state index in [1.165, 1.54) is 6.42 Å². The number of likely N-dealkylation sites (tertiary alicyclic amines) is 1. The van der Waals surface area contributed by atoms with Gasteiger partial charge in [0, 0.05) is 30.3 Å². The van der Waals surface area contributed by atoms with Crippen molar-refractivity contribution in [2.45, 2.75) is 46.1 Å². The van der Waals surface area contributed by atoms with Crippen molar-refractivity contribution < 1.29 is 4.79 Å². The molecule has 2 unspecified atom stereocenters. The molecule has 2 bridgehead atoms. The summed E-state index contributed by atoms with van der Waals surface area (Å²) in [5.41, 5.74) is 1.43. The van der Waals surface area contributed by atoms with Crippen molar-refractivity contribution in [3.63, 3.8) is 0 Å². The minimum absolute atomic E-state index is 0.185. The zero-order valence-electron chi connectivity index (χ0n) is 12.7. The molecule has 1 aliphatic heterocycles. The lowest BCUT2D eigenvalue weighted by Gasteiger charge is -2.39. The predicted molar refractivity (Wildman–Crippen MR) is 83.7 cm³/mol. The van der Waals surface area contributed by atoms with Crippen LogP contribution in [-0.4, -0.2) is 28.0 Å². The van der Waals surface area contributed by atoms with Gasteiger partial charge in [-0.1, -0.05) is 20.8 Å². The lowest BCUT2D eigenvalue weighted by Crippen LogP contribution is -2.38. The van der Waals surface area contributed by atoms with Crippen LogP contribution < -0.4 is 0 Å². The van der Waals surface area contributed by atoms with Crippen molar-refractivity contribution in [2.75, 3.05) is 6.54 Å². The molecular formula is C16H23BrN2O. The van der Waals surface area contributed by atoms with Gasteiger partial charge in [0.2, 0.25) is 0 Å². The number of aryl methyl sites for hydroxylation is 1. The molecule has 2 fully saturated rings. The number of nitrogens with zero attached hydrogens (tertiary/aromatic N) is 2. The molecule has 0 spiro atoms. The molecule has 1 aliphatic carbocycles. The summed E-state index contributed by atoms with van der Waals surface area (Å²) in [6.07, 6.45) is 5.45. The molecule has 2 aliphatic rings. The van der Waals surface area contributed by atoms with E-state index in [-0.39, 0.29) is 5.91 Å². The van der Waals surface area contributed by atoms with E-state index < -0.39 is 0 Å². The number of aromatic nitrogens is 1. The Labute approximate surface area is 129 Å². The van der Waals surface area contributed by atoms with Gasteiger partial charge in [-0.2, -0.15) is 0 Å². The maximum atomic E-state index is 12.9. The summed E-state index contributed by atoms with van der Waals surface area (Å²) in [7, 11) is 1.94. The quantitative estimate of drug-likeness (QED) is 0.763. The monoisotopic (exact) mass is 338 g/mol. The van der Waals surface area contributed by atoms with Crippen LogP contribution in [0.5, 0.6) is 0 Å². The van der Waals surface area contributed by atoms with Crippen molar-refractivity contribution in [1.29, 1.82) is 0 Å². The molecule has 2 atom stereocenters. The first-order chi connectivity index (χ1) is 9.19. The normalized spacial score (nSPS) is 31.6. The van der Waals surface area contributed by atoms with Crippen molar-refractivity contribution >= 4 is 21.8 Å². The Hall–Kier alpha value is -0.770. The van der Waals surface area contributed by atoms with Crippen LogP contribution in [0.1, 0.15) is 50.5 Å². The van der Waals surface area contributed by atoms with Crippen LogP contribution in [0.25, 0.3) is 0 Å². The number of hydrogen-bond donors (Lipinski definition) is 0.